The molecule has 1 aliphatic rings. The first kappa shape index (κ1) is 9.88. The molecule has 0 aliphatic carbocycles. The molecular formula is C7H16O3. The molecule has 62 valence electrons. The first-order chi connectivity index (χ1) is 4.84. The minimum Gasteiger partial charge on any atom is -0.394 e. The molecule has 3 nitrogen and oxygen atoms in total. The number of ether oxygens (including phenoxy) is 1. The molecule has 2 unspecified atom stereocenters. The van der Waals surface area contributed by atoms with E-state index in [0.29, 0.717) is 13.0 Å². The predicted octanol–water partition coefficient (Wildman–Crippen LogP) is 0.155. The quantitative estimate of drug-likeness (QED) is 0.556. The molecule has 0 saturated carbocycles. The van der Waals surface area contributed by atoms with Crippen LogP contribution in [0.15, 0.2) is 0 Å². The van der Waals surface area contributed by atoms with E-state index in [4.69, 9.17) is 14.9 Å². The van der Waals surface area contributed by atoms with Gasteiger partial charge in [-0.2, -0.15) is 0 Å². The Kier molecular flexibility index (Phi) is 5.58. The second kappa shape index (κ2) is 5.65. The summed E-state index contributed by atoms with van der Waals surface area (Å²) < 4.78 is 4.91. The Morgan fingerprint density at radius 3 is 2.30 bits per heavy atom. The monoisotopic (exact) mass is 148 g/mol. The third-order valence-electron chi connectivity index (χ3n) is 1.35. The number of aliphatic hydroxyl groups excluding tert-OH is 2. The Morgan fingerprint density at radius 2 is 2.10 bits per heavy atom. The summed E-state index contributed by atoms with van der Waals surface area (Å²) in [4.78, 5) is 0. The maximum absolute atomic E-state index is 8.90. The van der Waals surface area contributed by atoms with Gasteiger partial charge in [0, 0.05) is 6.61 Å². The average Bonchev–Trinajstić information content (AvgIpc) is 2.39. The average molecular weight is 148 g/mol. The fourth-order valence-electron chi connectivity index (χ4n) is 0.812. The molecule has 1 heterocycles. The highest BCUT2D eigenvalue weighted by Crippen LogP contribution is 2.11. The first-order valence-corrected chi connectivity index (χ1v) is 3.75. The van der Waals surface area contributed by atoms with Gasteiger partial charge in [0.2, 0.25) is 0 Å². The first-order valence-electron chi connectivity index (χ1n) is 3.75. The lowest BCUT2D eigenvalue weighted by Gasteiger charge is -2.07. The van der Waals surface area contributed by atoms with E-state index < -0.39 is 6.10 Å². The van der Waals surface area contributed by atoms with E-state index in [2.05, 4.69) is 0 Å². The highest BCUT2D eigenvalue weighted by molar-refractivity contribution is 4.73. The van der Waals surface area contributed by atoms with Crippen LogP contribution >= 0.6 is 0 Å². The van der Waals surface area contributed by atoms with Crippen molar-refractivity contribution in [2.75, 3.05) is 13.2 Å². The van der Waals surface area contributed by atoms with E-state index in [0.717, 1.165) is 0 Å². The standard InChI is InChI=1S/C5H10O3.C2H6/c6-3-5-4(7)1-2-8-5;1-2/h4-7H,1-3H2;1-2H3. The molecule has 0 aromatic rings. The molecule has 10 heavy (non-hydrogen) atoms. The molecule has 1 rings (SSSR count). The van der Waals surface area contributed by atoms with Crippen LogP contribution in [0.1, 0.15) is 20.3 Å². The van der Waals surface area contributed by atoms with Crippen molar-refractivity contribution in [2.45, 2.75) is 32.5 Å². The molecule has 0 amide bonds. The zero-order valence-electron chi connectivity index (χ0n) is 6.58. The van der Waals surface area contributed by atoms with Gasteiger partial charge < -0.3 is 14.9 Å². The van der Waals surface area contributed by atoms with Crippen LogP contribution in [-0.2, 0) is 4.74 Å². The lowest BCUT2D eigenvalue weighted by atomic mass is 10.2. The summed E-state index contributed by atoms with van der Waals surface area (Å²) in [5, 5.41) is 17.4. The third kappa shape index (κ3) is 2.64. The highest BCUT2D eigenvalue weighted by atomic mass is 16.5. The molecule has 0 spiro atoms. The van der Waals surface area contributed by atoms with Crippen molar-refractivity contribution in [1.29, 1.82) is 0 Å². The van der Waals surface area contributed by atoms with Crippen molar-refractivity contribution in [3.63, 3.8) is 0 Å². The smallest absolute Gasteiger partial charge is 0.106 e. The molecule has 1 aliphatic heterocycles. The van der Waals surface area contributed by atoms with Crippen LogP contribution < -0.4 is 0 Å². The molecule has 1 fully saturated rings. The Morgan fingerprint density at radius 1 is 1.50 bits per heavy atom. The van der Waals surface area contributed by atoms with Crippen LogP contribution in [0.4, 0.5) is 0 Å². The van der Waals surface area contributed by atoms with E-state index in [1.165, 1.54) is 0 Å². The number of rotatable bonds is 1. The van der Waals surface area contributed by atoms with Crippen molar-refractivity contribution in [2.24, 2.45) is 0 Å². The zero-order valence-corrected chi connectivity index (χ0v) is 6.58. The summed E-state index contributed by atoms with van der Waals surface area (Å²) in [6, 6.07) is 0. The number of hydrogen-bond donors (Lipinski definition) is 2. The number of hydrogen-bond acceptors (Lipinski definition) is 3. The van der Waals surface area contributed by atoms with E-state index in [9.17, 15) is 0 Å². The van der Waals surface area contributed by atoms with Gasteiger partial charge in [0.05, 0.1) is 12.7 Å². The second-order valence-electron chi connectivity index (χ2n) is 1.95. The van der Waals surface area contributed by atoms with Crippen molar-refractivity contribution in [3.05, 3.63) is 0 Å². The molecule has 0 aromatic heterocycles. The van der Waals surface area contributed by atoms with Gasteiger partial charge in [-0.15, -0.1) is 0 Å². The zero-order chi connectivity index (χ0) is 7.98. The van der Waals surface area contributed by atoms with Crippen LogP contribution in [0, 0.1) is 0 Å². The van der Waals surface area contributed by atoms with Gasteiger partial charge in [-0.1, -0.05) is 13.8 Å². The normalized spacial score (nSPS) is 31.2. The maximum atomic E-state index is 8.90. The summed E-state index contributed by atoms with van der Waals surface area (Å²) in [5.74, 6) is 0. The lowest BCUT2D eigenvalue weighted by Crippen LogP contribution is -2.24. The highest BCUT2D eigenvalue weighted by Gasteiger charge is 2.24. The van der Waals surface area contributed by atoms with Crippen molar-refractivity contribution >= 4 is 0 Å². The molecule has 0 aromatic carbocycles. The van der Waals surface area contributed by atoms with Gasteiger partial charge in [-0.25, -0.2) is 0 Å². The van der Waals surface area contributed by atoms with E-state index in [-0.39, 0.29) is 12.7 Å². The van der Waals surface area contributed by atoms with Crippen LogP contribution in [0.3, 0.4) is 0 Å². The second-order valence-corrected chi connectivity index (χ2v) is 1.95. The van der Waals surface area contributed by atoms with Gasteiger partial charge in [0.15, 0.2) is 0 Å². The van der Waals surface area contributed by atoms with Crippen molar-refractivity contribution in [3.8, 4) is 0 Å². The number of aliphatic hydroxyl groups is 2. The molecule has 0 radical (unpaired) electrons. The molecule has 0 bridgehead atoms. The SMILES string of the molecule is CC.OCC1OCCC1O. The molecular weight excluding hydrogens is 132 g/mol. The Balaban J connectivity index is 0.000000371. The Bertz CT molecular complexity index is 75.3. The topological polar surface area (TPSA) is 49.7 Å². The van der Waals surface area contributed by atoms with Crippen molar-refractivity contribution in [1.82, 2.24) is 0 Å². The van der Waals surface area contributed by atoms with Crippen molar-refractivity contribution < 1.29 is 14.9 Å². The summed E-state index contributed by atoms with van der Waals surface area (Å²) in [6.45, 7) is 4.51. The van der Waals surface area contributed by atoms with Gasteiger partial charge in [-0.3, -0.25) is 0 Å². The van der Waals surface area contributed by atoms with Gasteiger partial charge in [0.1, 0.15) is 6.10 Å². The predicted molar refractivity (Wildman–Crippen MR) is 38.8 cm³/mol. The minimum absolute atomic E-state index is 0.0683. The summed E-state index contributed by atoms with van der Waals surface area (Å²) in [5.41, 5.74) is 0. The molecule has 1 saturated heterocycles. The summed E-state index contributed by atoms with van der Waals surface area (Å²) in [6.07, 6.45) is -0.111. The fraction of sp³-hybridized carbons (Fsp3) is 1.00. The Labute approximate surface area is 61.6 Å². The summed E-state index contributed by atoms with van der Waals surface area (Å²) >= 11 is 0. The van der Waals surface area contributed by atoms with E-state index >= 15 is 0 Å². The van der Waals surface area contributed by atoms with E-state index in [1.807, 2.05) is 13.8 Å². The van der Waals surface area contributed by atoms with Gasteiger partial charge >= 0.3 is 0 Å². The van der Waals surface area contributed by atoms with Gasteiger partial charge in [0.25, 0.3) is 0 Å². The molecule has 2 N–H and O–H groups in total. The molecule has 2 atom stereocenters. The van der Waals surface area contributed by atoms with Crippen LogP contribution in [0.5, 0.6) is 0 Å². The van der Waals surface area contributed by atoms with Gasteiger partial charge in [-0.05, 0) is 6.42 Å². The van der Waals surface area contributed by atoms with Crippen LogP contribution in [0.25, 0.3) is 0 Å². The van der Waals surface area contributed by atoms with Crippen LogP contribution in [-0.4, -0.2) is 35.6 Å². The minimum atomic E-state index is -0.444. The lowest BCUT2D eigenvalue weighted by molar-refractivity contribution is 0.00406. The maximum Gasteiger partial charge on any atom is 0.106 e. The largest absolute Gasteiger partial charge is 0.394 e. The van der Waals surface area contributed by atoms with Crippen LogP contribution in [0.2, 0.25) is 0 Å². The molecule has 3 heteroatoms. The summed E-state index contributed by atoms with van der Waals surface area (Å²) in [7, 11) is 0. The van der Waals surface area contributed by atoms with E-state index in [1.54, 1.807) is 0 Å². The third-order valence-corrected chi connectivity index (χ3v) is 1.35. The Hall–Kier alpha value is -0.120. The fourth-order valence-corrected chi connectivity index (χ4v) is 0.812.